The van der Waals surface area contributed by atoms with Gasteiger partial charge in [0, 0.05) is 23.4 Å². The van der Waals surface area contributed by atoms with Crippen molar-refractivity contribution in [2.45, 2.75) is 40.0 Å². The molecule has 2 aromatic rings. The van der Waals surface area contributed by atoms with E-state index >= 15 is 0 Å². The number of hydrogen-bond donors (Lipinski definition) is 2. The van der Waals surface area contributed by atoms with E-state index in [2.05, 4.69) is 17.6 Å². The number of nitrogens with one attached hydrogen (secondary N) is 2. The fourth-order valence-corrected chi connectivity index (χ4v) is 2.38. The first-order valence-electron chi connectivity index (χ1n) is 8.98. The number of ether oxygens (including phenoxy) is 1. The van der Waals surface area contributed by atoms with Gasteiger partial charge >= 0.3 is 0 Å². The van der Waals surface area contributed by atoms with Crippen LogP contribution in [-0.4, -0.2) is 18.4 Å². The number of aryl methyl sites for hydroxylation is 1. The van der Waals surface area contributed by atoms with Crippen LogP contribution in [0.25, 0.3) is 0 Å². The molecule has 138 valence electrons. The van der Waals surface area contributed by atoms with Crippen LogP contribution in [0, 0.1) is 6.92 Å². The molecule has 5 heteroatoms. The van der Waals surface area contributed by atoms with Gasteiger partial charge in [-0.15, -0.1) is 0 Å². The van der Waals surface area contributed by atoms with E-state index in [0.29, 0.717) is 24.3 Å². The van der Waals surface area contributed by atoms with Crippen molar-refractivity contribution in [1.82, 2.24) is 0 Å². The lowest BCUT2D eigenvalue weighted by atomic mass is 10.1. The maximum atomic E-state index is 12.5. The van der Waals surface area contributed by atoms with Crippen LogP contribution >= 0.6 is 0 Å². The quantitative estimate of drug-likeness (QED) is 0.671. The van der Waals surface area contributed by atoms with E-state index in [1.54, 1.807) is 31.2 Å². The molecule has 0 aliphatic heterocycles. The first-order chi connectivity index (χ1) is 12.5. The molecule has 5 nitrogen and oxygen atoms in total. The Morgan fingerprint density at radius 3 is 2.54 bits per heavy atom. The van der Waals surface area contributed by atoms with E-state index in [0.717, 1.165) is 29.8 Å². The zero-order valence-electron chi connectivity index (χ0n) is 15.6. The van der Waals surface area contributed by atoms with Crippen molar-refractivity contribution < 1.29 is 14.3 Å². The lowest BCUT2D eigenvalue weighted by molar-refractivity contribution is -0.115. The summed E-state index contributed by atoms with van der Waals surface area (Å²) in [5.74, 6) is 0.496. The zero-order chi connectivity index (χ0) is 18.9. The van der Waals surface area contributed by atoms with Gasteiger partial charge in [0.15, 0.2) is 0 Å². The average Bonchev–Trinajstić information content (AvgIpc) is 2.64. The number of unbranched alkanes of at least 4 members (excludes halogenated alkanes) is 1. The highest BCUT2D eigenvalue weighted by molar-refractivity contribution is 6.05. The summed E-state index contributed by atoms with van der Waals surface area (Å²) in [6.45, 7) is 6.53. The third kappa shape index (κ3) is 5.62. The highest BCUT2D eigenvalue weighted by Crippen LogP contribution is 2.22. The van der Waals surface area contributed by atoms with Gasteiger partial charge in [0.05, 0.1) is 6.61 Å². The number of rotatable bonds is 8. The van der Waals surface area contributed by atoms with Gasteiger partial charge in [-0.2, -0.15) is 0 Å². The Labute approximate surface area is 154 Å². The molecule has 0 fully saturated rings. The molecule has 0 saturated carbocycles. The van der Waals surface area contributed by atoms with Gasteiger partial charge in [-0.05, 0) is 55.3 Å². The lowest BCUT2D eigenvalue weighted by Gasteiger charge is -2.12. The summed E-state index contributed by atoms with van der Waals surface area (Å²) < 4.78 is 5.68. The van der Waals surface area contributed by atoms with E-state index in [1.165, 1.54) is 0 Å². The summed E-state index contributed by atoms with van der Waals surface area (Å²) >= 11 is 0. The molecule has 0 aliphatic rings. The molecule has 0 bridgehead atoms. The van der Waals surface area contributed by atoms with Crippen LogP contribution in [0.15, 0.2) is 42.5 Å². The van der Waals surface area contributed by atoms with Gasteiger partial charge in [0.2, 0.25) is 5.91 Å². The molecule has 0 unspecified atom stereocenters. The van der Waals surface area contributed by atoms with Crippen LogP contribution in [0.1, 0.15) is 49.0 Å². The first-order valence-corrected chi connectivity index (χ1v) is 8.98. The monoisotopic (exact) mass is 354 g/mol. The standard InChI is InChI=1S/C21H26N2O3/c1-4-6-12-26-18-10-11-19(15(3)13-18)23-21(25)16-8-7-9-17(14-16)22-20(24)5-2/h7-11,13-14H,4-6,12H2,1-3H3,(H,22,24)(H,23,25). The van der Waals surface area contributed by atoms with E-state index in [1.807, 2.05) is 25.1 Å². The summed E-state index contributed by atoms with van der Waals surface area (Å²) in [5, 5.41) is 5.67. The highest BCUT2D eigenvalue weighted by Gasteiger charge is 2.10. The van der Waals surface area contributed by atoms with Crippen LogP contribution in [0.2, 0.25) is 0 Å². The van der Waals surface area contributed by atoms with Gasteiger partial charge < -0.3 is 15.4 Å². The maximum absolute atomic E-state index is 12.5. The molecular weight excluding hydrogens is 328 g/mol. The predicted octanol–water partition coefficient (Wildman–Crippen LogP) is 4.77. The number of amides is 2. The summed E-state index contributed by atoms with van der Waals surface area (Å²) in [4.78, 5) is 24.0. The minimum Gasteiger partial charge on any atom is -0.494 e. The smallest absolute Gasteiger partial charge is 0.255 e. The second kappa shape index (κ2) is 9.61. The van der Waals surface area contributed by atoms with Crippen LogP contribution in [0.4, 0.5) is 11.4 Å². The third-order valence-corrected chi connectivity index (χ3v) is 3.94. The average molecular weight is 354 g/mol. The molecule has 0 radical (unpaired) electrons. The molecule has 2 amide bonds. The summed E-state index contributed by atoms with van der Waals surface area (Å²) in [5.41, 5.74) is 2.77. The Morgan fingerprint density at radius 2 is 1.85 bits per heavy atom. The van der Waals surface area contributed by atoms with E-state index in [4.69, 9.17) is 4.74 Å². The Balaban J connectivity index is 2.05. The van der Waals surface area contributed by atoms with Gasteiger partial charge in [-0.3, -0.25) is 9.59 Å². The molecule has 2 rings (SSSR count). The zero-order valence-corrected chi connectivity index (χ0v) is 15.6. The van der Waals surface area contributed by atoms with Crippen LogP contribution in [-0.2, 0) is 4.79 Å². The van der Waals surface area contributed by atoms with Crippen molar-refractivity contribution in [2.75, 3.05) is 17.2 Å². The molecule has 0 saturated heterocycles. The van der Waals surface area contributed by atoms with Gasteiger partial charge in [0.1, 0.15) is 5.75 Å². The fourth-order valence-electron chi connectivity index (χ4n) is 2.38. The largest absolute Gasteiger partial charge is 0.494 e. The van der Waals surface area contributed by atoms with Crippen LogP contribution in [0.5, 0.6) is 5.75 Å². The van der Waals surface area contributed by atoms with Gasteiger partial charge in [-0.1, -0.05) is 26.3 Å². The number of carbonyl (C=O) groups is 2. The SMILES string of the molecule is CCCCOc1ccc(NC(=O)c2cccc(NC(=O)CC)c2)c(C)c1. The normalized spacial score (nSPS) is 10.3. The van der Waals surface area contributed by atoms with E-state index in [9.17, 15) is 9.59 Å². The minimum atomic E-state index is -0.222. The third-order valence-electron chi connectivity index (χ3n) is 3.94. The molecule has 0 spiro atoms. The summed E-state index contributed by atoms with van der Waals surface area (Å²) in [6.07, 6.45) is 2.50. The maximum Gasteiger partial charge on any atom is 0.255 e. The second-order valence-electron chi connectivity index (χ2n) is 6.12. The Hall–Kier alpha value is -2.82. The summed E-state index contributed by atoms with van der Waals surface area (Å²) in [7, 11) is 0. The van der Waals surface area contributed by atoms with Crippen molar-refractivity contribution >= 4 is 23.2 Å². The molecule has 0 aromatic heterocycles. The molecule has 0 aliphatic carbocycles. The molecule has 2 N–H and O–H groups in total. The van der Waals surface area contributed by atoms with E-state index in [-0.39, 0.29) is 11.8 Å². The molecular formula is C21H26N2O3. The molecule has 0 heterocycles. The van der Waals surface area contributed by atoms with Gasteiger partial charge in [0.25, 0.3) is 5.91 Å². The first kappa shape index (κ1) is 19.5. The molecule has 26 heavy (non-hydrogen) atoms. The number of carbonyl (C=O) groups excluding carboxylic acids is 2. The minimum absolute atomic E-state index is 0.0861. The Morgan fingerprint density at radius 1 is 1.04 bits per heavy atom. The predicted molar refractivity (Wildman–Crippen MR) is 105 cm³/mol. The van der Waals surface area contributed by atoms with Crippen LogP contribution in [0.3, 0.4) is 0 Å². The topological polar surface area (TPSA) is 67.4 Å². The van der Waals surface area contributed by atoms with Gasteiger partial charge in [-0.25, -0.2) is 0 Å². The van der Waals surface area contributed by atoms with Crippen molar-refractivity contribution in [1.29, 1.82) is 0 Å². The number of benzene rings is 2. The fraction of sp³-hybridized carbons (Fsp3) is 0.333. The molecule has 2 aromatic carbocycles. The Kier molecular flexibility index (Phi) is 7.21. The number of hydrogen-bond acceptors (Lipinski definition) is 3. The van der Waals surface area contributed by atoms with Crippen LogP contribution < -0.4 is 15.4 Å². The molecule has 0 atom stereocenters. The van der Waals surface area contributed by atoms with Crippen molar-refractivity contribution in [3.8, 4) is 5.75 Å². The van der Waals surface area contributed by atoms with Crippen molar-refractivity contribution in [2.24, 2.45) is 0 Å². The Bertz CT molecular complexity index is 772. The van der Waals surface area contributed by atoms with Crippen molar-refractivity contribution in [3.05, 3.63) is 53.6 Å². The lowest BCUT2D eigenvalue weighted by Crippen LogP contribution is -2.14. The summed E-state index contributed by atoms with van der Waals surface area (Å²) in [6, 6.07) is 12.5. The number of anilines is 2. The van der Waals surface area contributed by atoms with E-state index < -0.39 is 0 Å². The second-order valence-corrected chi connectivity index (χ2v) is 6.12. The highest BCUT2D eigenvalue weighted by atomic mass is 16.5. The van der Waals surface area contributed by atoms with Crippen molar-refractivity contribution in [3.63, 3.8) is 0 Å².